The lowest BCUT2D eigenvalue weighted by atomic mass is 9.95. The normalized spacial score (nSPS) is 25.7. The second kappa shape index (κ2) is 8.78. The molecule has 1 saturated carbocycles. The van der Waals surface area contributed by atoms with Gasteiger partial charge in [0.1, 0.15) is 6.29 Å². The third-order valence-electron chi connectivity index (χ3n) is 5.51. The first-order valence-corrected chi connectivity index (χ1v) is 9.23. The molecule has 1 saturated heterocycles. The van der Waals surface area contributed by atoms with Gasteiger partial charge in [0.2, 0.25) is 5.91 Å². The van der Waals surface area contributed by atoms with Crippen LogP contribution in [0.1, 0.15) is 46.0 Å². The molecule has 0 aromatic carbocycles. The van der Waals surface area contributed by atoms with Gasteiger partial charge in [-0.1, -0.05) is 19.8 Å². The molecule has 5 heteroatoms. The Morgan fingerprint density at radius 2 is 2.04 bits per heavy atom. The Bertz CT molecular complexity index is 396. The van der Waals surface area contributed by atoms with Crippen LogP contribution < -0.4 is 5.32 Å². The molecule has 132 valence electrons. The highest BCUT2D eigenvalue weighted by Gasteiger charge is 2.39. The van der Waals surface area contributed by atoms with Crippen LogP contribution in [-0.4, -0.2) is 67.3 Å². The van der Waals surface area contributed by atoms with Crippen molar-refractivity contribution in [2.45, 2.75) is 58.0 Å². The fourth-order valence-electron chi connectivity index (χ4n) is 4.13. The number of amides is 1. The maximum absolute atomic E-state index is 12.7. The highest BCUT2D eigenvalue weighted by molar-refractivity contribution is 5.84. The Morgan fingerprint density at radius 3 is 2.65 bits per heavy atom. The van der Waals surface area contributed by atoms with Crippen LogP contribution in [0.2, 0.25) is 0 Å². The van der Waals surface area contributed by atoms with Gasteiger partial charge >= 0.3 is 0 Å². The number of likely N-dealkylation sites (tertiary alicyclic amines) is 1. The van der Waals surface area contributed by atoms with Crippen LogP contribution in [0.5, 0.6) is 0 Å². The van der Waals surface area contributed by atoms with Gasteiger partial charge in [-0.3, -0.25) is 9.69 Å². The second-order valence-electron chi connectivity index (χ2n) is 7.43. The van der Waals surface area contributed by atoms with Gasteiger partial charge in [0, 0.05) is 13.1 Å². The molecule has 1 unspecified atom stereocenters. The largest absolute Gasteiger partial charge is 0.346 e. The highest BCUT2D eigenvalue weighted by Crippen LogP contribution is 2.33. The van der Waals surface area contributed by atoms with Crippen molar-refractivity contribution in [1.82, 2.24) is 15.1 Å². The Kier molecular flexibility index (Phi) is 7.03. The molecule has 2 fully saturated rings. The van der Waals surface area contributed by atoms with E-state index in [2.05, 4.69) is 29.1 Å². The molecule has 1 aliphatic heterocycles. The number of aldehydes is 1. The number of nitrogens with one attached hydrogen (secondary N) is 1. The highest BCUT2D eigenvalue weighted by atomic mass is 16.2. The molecule has 0 radical (unpaired) electrons. The van der Waals surface area contributed by atoms with Gasteiger partial charge in [-0.2, -0.15) is 0 Å². The molecule has 1 amide bonds. The minimum atomic E-state index is -0.393. The van der Waals surface area contributed by atoms with Crippen LogP contribution in [-0.2, 0) is 9.59 Å². The van der Waals surface area contributed by atoms with E-state index in [1.54, 1.807) is 6.92 Å². The number of hydrogen-bond acceptors (Lipinski definition) is 4. The van der Waals surface area contributed by atoms with E-state index in [0.717, 1.165) is 45.3 Å². The first-order chi connectivity index (χ1) is 11.0. The molecule has 0 aromatic rings. The van der Waals surface area contributed by atoms with Crippen molar-refractivity contribution in [3.63, 3.8) is 0 Å². The van der Waals surface area contributed by atoms with Crippen LogP contribution in [0.25, 0.3) is 0 Å². The van der Waals surface area contributed by atoms with E-state index in [9.17, 15) is 9.59 Å². The summed E-state index contributed by atoms with van der Waals surface area (Å²) in [6, 6.07) is -0.437. The summed E-state index contributed by atoms with van der Waals surface area (Å²) < 4.78 is 0. The maximum Gasteiger partial charge on any atom is 0.238 e. The average Bonchev–Trinajstić information content (AvgIpc) is 3.20. The van der Waals surface area contributed by atoms with E-state index in [-0.39, 0.29) is 11.9 Å². The van der Waals surface area contributed by atoms with Crippen molar-refractivity contribution in [2.24, 2.45) is 11.8 Å². The zero-order valence-corrected chi connectivity index (χ0v) is 15.0. The fourth-order valence-corrected chi connectivity index (χ4v) is 4.13. The minimum Gasteiger partial charge on any atom is -0.346 e. The van der Waals surface area contributed by atoms with Crippen LogP contribution >= 0.6 is 0 Å². The summed E-state index contributed by atoms with van der Waals surface area (Å²) >= 11 is 0. The molecule has 5 nitrogen and oxygen atoms in total. The van der Waals surface area contributed by atoms with E-state index in [0.29, 0.717) is 11.8 Å². The Morgan fingerprint density at radius 1 is 1.35 bits per heavy atom. The Hall–Kier alpha value is -0.940. The van der Waals surface area contributed by atoms with Crippen molar-refractivity contribution in [3.8, 4) is 0 Å². The molecular weight excluding hydrogens is 290 g/mol. The zero-order valence-electron chi connectivity index (χ0n) is 15.0. The summed E-state index contributed by atoms with van der Waals surface area (Å²) in [5.74, 6) is 1.16. The van der Waals surface area contributed by atoms with Crippen molar-refractivity contribution < 1.29 is 9.59 Å². The molecule has 1 heterocycles. The van der Waals surface area contributed by atoms with E-state index in [1.807, 2.05) is 0 Å². The van der Waals surface area contributed by atoms with Gasteiger partial charge in [-0.15, -0.1) is 0 Å². The smallest absolute Gasteiger partial charge is 0.238 e. The first-order valence-electron chi connectivity index (χ1n) is 9.23. The summed E-state index contributed by atoms with van der Waals surface area (Å²) in [7, 11) is 2.16. The summed E-state index contributed by atoms with van der Waals surface area (Å²) in [6.07, 6.45) is 6.73. The van der Waals surface area contributed by atoms with Crippen LogP contribution in [0.15, 0.2) is 0 Å². The number of carbonyl (C=O) groups excluding carboxylic acids is 2. The van der Waals surface area contributed by atoms with Crippen LogP contribution in [0.3, 0.4) is 0 Å². The van der Waals surface area contributed by atoms with Gasteiger partial charge in [0.15, 0.2) is 0 Å². The lowest BCUT2D eigenvalue weighted by molar-refractivity contribution is -0.130. The molecule has 0 aromatic heterocycles. The summed E-state index contributed by atoms with van der Waals surface area (Å²) in [6.45, 7) is 8.12. The summed E-state index contributed by atoms with van der Waals surface area (Å²) in [5, 5.41) is 2.89. The molecule has 3 atom stereocenters. The Labute approximate surface area is 140 Å². The maximum atomic E-state index is 12.7. The third kappa shape index (κ3) is 5.01. The molecular formula is C18H33N3O2. The number of rotatable bonds is 8. The molecule has 0 bridgehead atoms. The molecule has 1 aliphatic carbocycles. The number of carbonyl (C=O) groups is 2. The van der Waals surface area contributed by atoms with Crippen LogP contribution in [0, 0.1) is 11.8 Å². The molecule has 2 aliphatic rings. The van der Waals surface area contributed by atoms with Crippen molar-refractivity contribution in [2.75, 3.05) is 33.2 Å². The zero-order chi connectivity index (χ0) is 16.8. The monoisotopic (exact) mass is 323 g/mol. The van der Waals surface area contributed by atoms with E-state index in [4.69, 9.17) is 0 Å². The van der Waals surface area contributed by atoms with Crippen molar-refractivity contribution >= 4 is 12.2 Å². The predicted molar refractivity (Wildman–Crippen MR) is 92.3 cm³/mol. The van der Waals surface area contributed by atoms with E-state index < -0.39 is 6.04 Å². The topological polar surface area (TPSA) is 52.6 Å². The Balaban J connectivity index is 1.99. The molecule has 0 spiro atoms. The standard InChI is InChI=1S/C18H33N3O2/c1-4-20(3)11-15-9-10-21(12-15)17(16-7-5-6-8-16)18(23)19-14(2)13-22/h13-17H,4-12H2,1-3H3,(H,19,23)/t14-,15-,17?/m0/s1. The quantitative estimate of drug-likeness (QED) is 0.688. The van der Waals surface area contributed by atoms with Crippen LogP contribution in [0.4, 0.5) is 0 Å². The summed E-state index contributed by atoms with van der Waals surface area (Å²) in [4.78, 5) is 28.4. The van der Waals surface area contributed by atoms with Crippen molar-refractivity contribution in [1.29, 1.82) is 0 Å². The molecule has 2 rings (SSSR count). The molecule has 1 N–H and O–H groups in total. The number of nitrogens with zero attached hydrogens (tertiary/aromatic N) is 2. The average molecular weight is 323 g/mol. The van der Waals surface area contributed by atoms with Gasteiger partial charge in [0.25, 0.3) is 0 Å². The number of hydrogen-bond donors (Lipinski definition) is 1. The molecule has 23 heavy (non-hydrogen) atoms. The minimum absolute atomic E-state index is 0.0446. The SMILES string of the molecule is CCN(C)C[C@@H]1CCN(C(C(=O)N[C@@H](C)C=O)C2CCCC2)C1. The van der Waals surface area contributed by atoms with Crippen molar-refractivity contribution in [3.05, 3.63) is 0 Å². The van der Waals surface area contributed by atoms with Gasteiger partial charge < -0.3 is 15.0 Å². The lowest BCUT2D eigenvalue weighted by Gasteiger charge is -2.32. The summed E-state index contributed by atoms with van der Waals surface area (Å²) in [5.41, 5.74) is 0. The van der Waals surface area contributed by atoms with E-state index >= 15 is 0 Å². The van der Waals surface area contributed by atoms with E-state index in [1.165, 1.54) is 19.3 Å². The fraction of sp³-hybridized carbons (Fsp3) is 0.889. The van der Waals surface area contributed by atoms with Gasteiger partial charge in [-0.25, -0.2) is 0 Å². The third-order valence-corrected chi connectivity index (χ3v) is 5.51. The lowest BCUT2D eigenvalue weighted by Crippen LogP contribution is -2.52. The first kappa shape index (κ1) is 18.4. The van der Waals surface area contributed by atoms with Gasteiger partial charge in [-0.05, 0) is 58.2 Å². The predicted octanol–water partition coefficient (Wildman–Crippen LogP) is 1.52. The van der Waals surface area contributed by atoms with Gasteiger partial charge in [0.05, 0.1) is 12.1 Å². The second-order valence-corrected chi connectivity index (χ2v) is 7.43.